The van der Waals surface area contributed by atoms with Crippen LogP contribution in [0.5, 0.6) is 0 Å². The van der Waals surface area contributed by atoms with Gasteiger partial charge in [-0.1, -0.05) is 0 Å². The zero-order chi connectivity index (χ0) is 15.6. The minimum absolute atomic E-state index is 0.227. The van der Waals surface area contributed by atoms with E-state index in [0.29, 0.717) is 12.2 Å². The number of nitrogens with one attached hydrogen (secondary N) is 1. The molecule has 0 aromatic carbocycles. The van der Waals surface area contributed by atoms with E-state index in [2.05, 4.69) is 14.9 Å². The van der Waals surface area contributed by atoms with Crippen LogP contribution in [-0.2, 0) is 29.7 Å². The highest BCUT2D eigenvalue weighted by atomic mass is 32.2. The quantitative estimate of drug-likeness (QED) is 0.869. The summed E-state index contributed by atoms with van der Waals surface area (Å²) >= 11 is 0. The molecular weight excluding hydrogens is 290 g/mol. The predicted octanol–water partition coefficient (Wildman–Crippen LogP) is 1.21. The summed E-state index contributed by atoms with van der Waals surface area (Å²) in [5, 5.41) is 8.28. The molecule has 0 atom stereocenters. The normalized spacial score (nSPS) is 12.0. The highest BCUT2D eigenvalue weighted by Crippen LogP contribution is 2.15. The minimum Gasteiger partial charge on any atom is -0.270 e. The van der Waals surface area contributed by atoms with Gasteiger partial charge in [-0.25, -0.2) is 13.1 Å². The van der Waals surface area contributed by atoms with Crippen LogP contribution in [0, 0.1) is 13.8 Å². The molecule has 1 N–H and O–H groups in total. The second-order valence-electron chi connectivity index (χ2n) is 4.81. The van der Waals surface area contributed by atoms with Crippen LogP contribution >= 0.6 is 0 Å². The first-order chi connectivity index (χ1) is 9.90. The molecule has 116 valence electrons. The lowest BCUT2D eigenvalue weighted by molar-refractivity contribution is 0.578. The van der Waals surface area contributed by atoms with Gasteiger partial charge in [0.2, 0.25) is 10.0 Å². The van der Waals surface area contributed by atoms with Crippen molar-refractivity contribution in [3.8, 4) is 0 Å². The second-order valence-corrected chi connectivity index (χ2v) is 6.54. The van der Waals surface area contributed by atoms with Crippen LogP contribution in [0.4, 0.5) is 0 Å². The Hall–Kier alpha value is -1.67. The third-order valence-corrected chi connectivity index (χ3v) is 5.11. The van der Waals surface area contributed by atoms with E-state index < -0.39 is 10.0 Å². The van der Waals surface area contributed by atoms with Gasteiger partial charge in [0.15, 0.2) is 0 Å². The summed E-state index contributed by atoms with van der Waals surface area (Å²) in [4.78, 5) is 0.227. The molecular formula is C13H21N5O2S. The molecule has 2 heterocycles. The average Bonchev–Trinajstić information content (AvgIpc) is 3.00. The monoisotopic (exact) mass is 311 g/mol. The topological polar surface area (TPSA) is 81.8 Å². The van der Waals surface area contributed by atoms with Crippen molar-refractivity contribution in [1.29, 1.82) is 0 Å². The highest BCUT2D eigenvalue weighted by molar-refractivity contribution is 7.89. The molecule has 0 aliphatic carbocycles. The van der Waals surface area contributed by atoms with Crippen molar-refractivity contribution in [3.63, 3.8) is 0 Å². The molecule has 0 spiro atoms. The van der Waals surface area contributed by atoms with Gasteiger partial charge in [-0.05, 0) is 27.7 Å². The summed E-state index contributed by atoms with van der Waals surface area (Å²) in [6.45, 7) is 9.24. The predicted molar refractivity (Wildman–Crippen MR) is 79.3 cm³/mol. The van der Waals surface area contributed by atoms with Gasteiger partial charge in [0, 0.05) is 30.9 Å². The Morgan fingerprint density at radius 1 is 1.05 bits per heavy atom. The van der Waals surface area contributed by atoms with Crippen molar-refractivity contribution in [3.05, 3.63) is 29.3 Å². The summed E-state index contributed by atoms with van der Waals surface area (Å²) in [7, 11) is -3.56. The number of sulfonamides is 1. The molecule has 0 aliphatic rings. The smallest absolute Gasteiger partial charge is 0.244 e. The lowest BCUT2D eigenvalue weighted by Gasteiger charge is -2.07. The van der Waals surface area contributed by atoms with Crippen molar-refractivity contribution in [2.75, 3.05) is 0 Å². The molecule has 21 heavy (non-hydrogen) atoms. The lowest BCUT2D eigenvalue weighted by atomic mass is 10.3. The fourth-order valence-electron chi connectivity index (χ4n) is 2.24. The molecule has 0 aliphatic heterocycles. The molecule has 0 fully saturated rings. The fraction of sp³-hybridized carbons (Fsp3) is 0.538. The van der Waals surface area contributed by atoms with Crippen LogP contribution in [0.15, 0.2) is 17.3 Å². The zero-order valence-electron chi connectivity index (χ0n) is 12.8. The van der Waals surface area contributed by atoms with E-state index in [4.69, 9.17) is 0 Å². The van der Waals surface area contributed by atoms with Gasteiger partial charge in [-0.15, -0.1) is 0 Å². The Labute approximate surface area is 125 Å². The van der Waals surface area contributed by atoms with Gasteiger partial charge >= 0.3 is 0 Å². The van der Waals surface area contributed by atoms with E-state index in [-0.39, 0.29) is 11.4 Å². The van der Waals surface area contributed by atoms with E-state index in [0.717, 1.165) is 17.8 Å². The lowest BCUT2D eigenvalue weighted by Crippen LogP contribution is -2.24. The van der Waals surface area contributed by atoms with Crippen LogP contribution in [0.1, 0.15) is 30.8 Å². The number of hydrogen-bond acceptors (Lipinski definition) is 4. The van der Waals surface area contributed by atoms with Gasteiger partial charge in [0.1, 0.15) is 4.90 Å². The van der Waals surface area contributed by atoms with E-state index in [1.165, 1.54) is 6.20 Å². The standard InChI is InChI=1S/C13H21N5O2S/c1-5-17-10(3)12(7-14-17)8-16-21(19,20)13-9-15-18(6-2)11(13)4/h7,9,16H,5-6,8H2,1-4H3. The molecule has 2 rings (SSSR count). The van der Waals surface area contributed by atoms with Gasteiger partial charge in [0.05, 0.1) is 18.1 Å². The van der Waals surface area contributed by atoms with Crippen LogP contribution in [0.3, 0.4) is 0 Å². The van der Waals surface area contributed by atoms with Crippen molar-refractivity contribution >= 4 is 10.0 Å². The Balaban J connectivity index is 2.17. The van der Waals surface area contributed by atoms with Crippen molar-refractivity contribution < 1.29 is 8.42 Å². The summed E-state index contributed by atoms with van der Waals surface area (Å²) in [5.41, 5.74) is 2.49. The molecule has 0 unspecified atom stereocenters. The van der Waals surface area contributed by atoms with Crippen LogP contribution < -0.4 is 4.72 Å². The fourth-order valence-corrected chi connectivity index (χ4v) is 3.42. The number of aryl methyl sites for hydroxylation is 2. The molecule has 2 aromatic rings. The van der Waals surface area contributed by atoms with Crippen molar-refractivity contribution in [2.24, 2.45) is 0 Å². The Morgan fingerprint density at radius 3 is 2.14 bits per heavy atom. The van der Waals surface area contributed by atoms with Gasteiger partial charge in [-0.3, -0.25) is 9.36 Å². The van der Waals surface area contributed by atoms with Gasteiger partial charge in [-0.2, -0.15) is 10.2 Å². The second kappa shape index (κ2) is 5.98. The number of aromatic nitrogens is 4. The molecule has 0 amide bonds. The molecule has 8 heteroatoms. The minimum atomic E-state index is -3.56. The highest BCUT2D eigenvalue weighted by Gasteiger charge is 2.20. The average molecular weight is 311 g/mol. The van der Waals surface area contributed by atoms with Gasteiger partial charge in [0.25, 0.3) is 0 Å². The number of rotatable bonds is 6. The van der Waals surface area contributed by atoms with E-state index in [1.54, 1.807) is 17.8 Å². The first-order valence-electron chi connectivity index (χ1n) is 6.94. The summed E-state index contributed by atoms with van der Waals surface area (Å²) in [6, 6.07) is 0. The Morgan fingerprint density at radius 2 is 1.62 bits per heavy atom. The zero-order valence-corrected chi connectivity index (χ0v) is 13.6. The van der Waals surface area contributed by atoms with Crippen LogP contribution in [0.2, 0.25) is 0 Å². The van der Waals surface area contributed by atoms with Gasteiger partial charge < -0.3 is 0 Å². The third kappa shape index (κ3) is 3.01. The van der Waals surface area contributed by atoms with Crippen molar-refractivity contribution in [2.45, 2.75) is 52.2 Å². The van der Waals surface area contributed by atoms with E-state index >= 15 is 0 Å². The summed E-state index contributed by atoms with van der Waals surface area (Å²) in [5.74, 6) is 0. The van der Waals surface area contributed by atoms with Crippen molar-refractivity contribution in [1.82, 2.24) is 24.3 Å². The maximum Gasteiger partial charge on any atom is 0.244 e. The van der Waals surface area contributed by atoms with E-state index in [1.807, 2.05) is 25.5 Å². The molecule has 0 radical (unpaired) electrons. The summed E-state index contributed by atoms with van der Waals surface area (Å²) in [6.07, 6.45) is 3.09. The maximum absolute atomic E-state index is 12.4. The SMILES string of the molecule is CCn1ncc(CNS(=O)(=O)c2cnn(CC)c2C)c1C. The molecule has 0 saturated carbocycles. The number of nitrogens with zero attached hydrogens (tertiary/aromatic N) is 4. The van der Waals surface area contributed by atoms with Crippen LogP contribution in [-0.4, -0.2) is 28.0 Å². The molecule has 7 nitrogen and oxygen atoms in total. The molecule has 0 bridgehead atoms. The largest absolute Gasteiger partial charge is 0.270 e. The summed E-state index contributed by atoms with van der Waals surface area (Å²) < 4.78 is 30.8. The Bertz CT molecular complexity index is 730. The first-order valence-corrected chi connectivity index (χ1v) is 8.42. The Kier molecular flexibility index (Phi) is 4.48. The molecule has 0 saturated heterocycles. The number of hydrogen-bond donors (Lipinski definition) is 1. The molecule has 2 aromatic heterocycles. The first kappa shape index (κ1) is 15.7. The maximum atomic E-state index is 12.4. The third-order valence-electron chi connectivity index (χ3n) is 3.60. The van der Waals surface area contributed by atoms with Crippen LogP contribution in [0.25, 0.3) is 0 Å². The van der Waals surface area contributed by atoms with E-state index in [9.17, 15) is 8.42 Å².